The van der Waals surface area contributed by atoms with E-state index < -0.39 is 0 Å². The number of aliphatic imine (C=N–C) groups is 1. The predicted octanol–water partition coefficient (Wildman–Crippen LogP) is 4.86. The zero-order chi connectivity index (χ0) is 13.0. The van der Waals surface area contributed by atoms with Crippen LogP contribution in [0.15, 0.2) is 28.4 Å². The van der Waals surface area contributed by atoms with E-state index in [9.17, 15) is 0 Å². The molecule has 0 bridgehead atoms. The van der Waals surface area contributed by atoms with E-state index in [-0.39, 0.29) is 0 Å². The molecule has 1 aliphatic carbocycles. The van der Waals surface area contributed by atoms with Crippen molar-refractivity contribution in [1.82, 2.24) is 0 Å². The summed E-state index contributed by atoms with van der Waals surface area (Å²) in [6.45, 7) is 13.5. The summed E-state index contributed by atoms with van der Waals surface area (Å²) in [7, 11) is 0. The monoisotopic (exact) mass is 233 g/mol. The van der Waals surface area contributed by atoms with Crippen molar-refractivity contribution in [3.05, 3.63) is 23.4 Å². The molecule has 2 atom stereocenters. The lowest BCUT2D eigenvalue weighted by molar-refractivity contribution is 0.316. The van der Waals surface area contributed by atoms with Crippen molar-refractivity contribution in [3.8, 4) is 0 Å². The van der Waals surface area contributed by atoms with E-state index in [1.807, 2.05) is 6.21 Å². The van der Waals surface area contributed by atoms with Crippen molar-refractivity contribution >= 4 is 6.21 Å². The molecule has 0 fully saturated rings. The maximum atomic E-state index is 4.62. The molecule has 0 saturated carbocycles. The van der Waals surface area contributed by atoms with Crippen molar-refractivity contribution in [2.45, 2.75) is 48.0 Å². The van der Waals surface area contributed by atoms with Gasteiger partial charge in [-0.3, -0.25) is 4.99 Å². The third-order valence-electron chi connectivity index (χ3n) is 3.54. The fourth-order valence-electron chi connectivity index (χ4n) is 2.49. The maximum absolute atomic E-state index is 4.62. The number of nitrogens with zero attached hydrogens (tertiary/aromatic N) is 1. The molecule has 0 heterocycles. The van der Waals surface area contributed by atoms with Crippen molar-refractivity contribution in [3.63, 3.8) is 0 Å². The van der Waals surface area contributed by atoms with Gasteiger partial charge in [0.15, 0.2) is 0 Å². The molecular weight excluding hydrogens is 206 g/mol. The third kappa shape index (κ3) is 4.14. The van der Waals surface area contributed by atoms with Crippen molar-refractivity contribution in [1.29, 1.82) is 0 Å². The summed E-state index contributed by atoms with van der Waals surface area (Å²) in [6.07, 6.45) is 7.90. The minimum Gasteiger partial charge on any atom is -0.261 e. The summed E-state index contributed by atoms with van der Waals surface area (Å²) in [4.78, 5) is 4.62. The molecule has 1 aliphatic rings. The van der Waals surface area contributed by atoms with Crippen molar-refractivity contribution in [2.24, 2.45) is 28.7 Å². The molecule has 0 radical (unpaired) electrons. The van der Waals surface area contributed by atoms with Crippen LogP contribution in [0.3, 0.4) is 0 Å². The summed E-state index contributed by atoms with van der Waals surface area (Å²) >= 11 is 0. The molecule has 17 heavy (non-hydrogen) atoms. The highest BCUT2D eigenvalue weighted by Crippen LogP contribution is 2.32. The molecular formula is C16H27N. The van der Waals surface area contributed by atoms with Gasteiger partial charge in [0.2, 0.25) is 0 Å². The largest absolute Gasteiger partial charge is 0.261 e. The van der Waals surface area contributed by atoms with E-state index in [0.717, 1.165) is 18.3 Å². The number of hydrogen-bond acceptors (Lipinski definition) is 1. The normalized spacial score (nSPS) is 26.4. The minimum atomic E-state index is 0.519. The summed E-state index contributed by atoms with van der Waals surface area (Å²) in [5.74, 6) is 2.65. The predicted molar refractivity (Wildman–Crippen MR) is 77.3 cm³/mol. The van der Waals surface area contributed by atoms with Gasteiger partial charge in [0.05, 0.1) is 5.70 Å². The molecule has 0 N–H and O–H groups in total. The zero-order valence-electron chi connectivity index (χ0n) is 12.2. The standard InChI is InChI=1S/C16H27N/c1-11(2)10-17-16-8-7-15(12(3)4)13(5)9-14(16)6/h8-13,15H,7H2,1-6H3/b17-10-/t13?,15-/m0/s1. The molecule has 0 aromatic carbocycles. The Hall–Kier alpha value is -0.850. The zero-order valence-corrected chi connectivity index (χ0v) is 12.2. The highest BCUT2D eigenvalue weighted by Gasteiger charge is 2.21. The van der Waals surface area contributed by atoms with Gasteiger partial charge in [0.25, 0.3) is 0 Å². The van der Waals surface area contributed by atoms with Gasteiger partial charge in [-0.15, -0.1) is 0 Å². The van der Waals surface area contributed by atoms with Gasteiger partial charge in [-0.1, -0.05) is 46.8 Å². The first-order valence-electron chi connectivity index (χ1n) is 6.85. The topological polar surface area (TPSA) is 12.4 Å². The third-order valence-corrected chi connectivity index (χ3v) is 3.54. The van der Waals surface area contributed by atoms with Crippen LogP contribution in [0.2, 0.25) is 0 Å². The first-order valence-corrected chi connectivity index (χ1v) is 6.85. The lowest BCUT2D eigenvalue weighted by atomic mass is 9.82. The van der Waals surface area contributed by atoms with E-state index >= 15 is 0 Å². The lowest BCUT2D eigenvalue weighted by Gasteiger charge is -2.23. The SMILES string of the molecule is CC1=CC(C)[C@H](C(C)C)CC=C1/N=C\C(C)C. The van der Waals surface area contributed by atoms with E-state index in [0.29, 0.717) is 11.8 Å². The summed E-state index contributed by atoms with van der Waals surface area (Å²) in [5.41, 5.74) is 2.51. The molecule has 0 spiro atoms. The van der Waals surface area contributed by atoms with Gasteiger partial charge in [-0.2, -0.15) is 0 Å². The number of hydrogen-bond donors (Lipinski definition) is 0. The first kappa shape index (κ1) is 14.2. The second-order valence-electron chi connectivity index (χ2n) is 5.96. The Bertz CT molecular complexity index is 331. The Balaban J connectivity index is 2.90. The van der Waals surface area contributed by atoms with Crippen LogP contribution in [0.25, 0.3) is 0 Å². The Labute approximate surface area is 107 Å². The van der Waals surface area contributed by atoms with Gasteiger partial charge < -0.3 is 0 Å². The second-order valence-corrected chi connectivity index (χ2v) is 5.96. The van der Waals surface area contributed by atoms with E-state index in [1.165, 1.54) is 11.3 Å². The van der Waals surface area contributed by atoms with Crippen LogP contribution in [0, 0.1) is 23.7 Å². The van der Waals surface area contributed by atoms with Crippen molar-refractivity contribution < 1.29 is 0 Å². The number of rotatable bonds is 3. The fourth-order valence-corrected chi connectivity index (χ4v) is 2.49. The molecule has 1 rings (SSSR count). The summed E-state index contributed by atoms with van der Waals surface area (Å²) in [6, 6.07) is 0. The average Bonchev–Trinajstić information content (AvgIpc) is 2.34. The summed E-state index contributed by atoms with van der Waals surface area (Å²) < 4.78 is 0. The Kier molecular flexibility index (Phi) is 5.17. The smallest absolute Gasteiger partial charge is 0.0612 e. The molecule has 0 aromatic rings. The molecule has 0 aromatic heterocycles. The van der Waals surface area contributed by atoms with E-state index in [2.05, 4.69) is 58.7 Å². The Morgan fingerprint density at radius 3 is 2.47 bits per heavy atom. The molecule has 1 heteroatoms. The van der Waals surface area contributed by atoms with Crippen LogP contribution >= 0.6 is 0 Å². The Morgan fingerprint density at radius 2 is 1.94 bits per heavy atom. The van der Waals surface area contributed by atoms with Gasteiger partial charge >= 0.3 is 0 Å². The molecule has 1 nitrogen and oxygen atoms in total. The van der Waals surface area contributed by atoms with Gasteiger partial charge in [-0.05, 0) is 42.6 Å². The maximum Gasteiger partial charge on any atom is 0.0612 e. The first-order chi connectivity index (χ1) is 7.91. The van der Waals surface area contributed by atoms with E-state index in [4.69, 9.17) is 0 Å². The van der Waals surface area contributed by atoms with Crippen LogP contribution in [-0.4, -0.2) is 6.21 Å². The van der Waals surface area contributed by atoms with Gasteiger partial charge in [0, 0.05) is 6.21 Å². The highest BCUT2D eigenvalue weighted by molar-refractivity contribution is 5.62. The van der Waals surface area contributed by atoms with Crippen LogP contribution in [0.1, 0.15) is 48.0 Å². The Morgan fingerprint density at radius 1 is 1.29 bits per heavy atom. The van der Waals surface area contributed by atoms with Gasteiger partial charge in [0.1, 0.15) is 0 Å². The molecule has 0 saturated heterocycles. The second kappa shape index (κ2) is 6.18. The van der Waals surface area contributed by atoms with Crippen molar-refractivity contribution in [2.75, 3.05) is 0 Å². The van der Waals surface area contributed by atoms with Crippen LogP contribution in [0.4, 0.5) is 0 Å². The molecule has 96 valence electrons. The van der Waals surface area contributed by atoms with Crippen LogP contribution < -0.4 is 0 Å². The van der Waals surface area contributed by atoms with Gasteiger partial charge in [-0.25, -0.2) is 0 Å². The lowest BCUT2D eigenvalue weighted by Crippen LogP contribution is -2.14. The molecule has 1 unspecified atom stereocenters. The van der Waals surface area contributed by atoms with Crippen LogP contribution in [0.5, 0.6) is 0 Å². The minimum absolute atomic E-state index is 0.519. The fraction of sp³-hybridized carbons (Fsp3) is 0.688. The molecule has 0 amide bonds. The average molecular weight is 233 g/mol. The van der Waals surface area contributed by atoms with E-state index in [1.54, 1.807) is 0 Å². The number of allylic oxidation sites excluding steroid dienone is 3. The highest BCUT2D eigenvalue weighted by atomic mass is 14.7. The van der Waals surface area contributed by atoms with Crippen LogP contribution in [-0.2, 0) is 0 Å². The summed E-state index contributed by atoms with van der Waals surface area (Å²) in [5, 5.41) is 0. The quantitative estimate of drug-likeness (QED) is 0.618. The molecule has 0 aliphatic heterocycles.